The summed E-state index contributed by atoms with van der Waals surface area (Å²) >= 11 is 5.97. The predicted molar refractivity (Wildman–Crippen MR) is 93.4 cm³/mol. The molecule has 0 saturated heterocycles. The summed E-state index contributed by atoms with van der Waals surface area (Å²) in [5, 5.41) is 3.62. The molecule has 0 radical (unpaired) electrons. The van der Waals surface area contributed by atoms with Crippen molar-refractivity contribution >= 4 is 28.8 Å². The van der Waals surface area contributed by atoms with Gasteiger partial charge in [0.15, 0.2) is 0 Å². The van der Waals surface area contributed by atoms with Crippen molar-refractivity contribution in [3.05, 3.63) is 64.1 Å². The second-order valence-corrected chi connectivity index (χ2v) is 6.04. The van der Waals surface area contributed by atoms with Crippen LogP contribution in [0.4, 0.5) is 5.69 Å². The average Bonchev–Trinajstić information content (AvgIpc) is 2.87. The quantitative estimate of drug-likeness (QED) is 0.774. The summed E-state index contributed by atoms with van der Waals surface area (Å²) in [6, 6.07) is 9.36. The molecule has 3 rings (SSSR count). The zero-order valence-electron chi connectivity index (χ0n) is 13.4. The van der Waals surface area contributed by atoms with E-state index in [4.69, 9.17) is 11.6 Å². The Hall–Kier alpha value is -2.33. The van der Waals surface area contributed by atoms with Gasteiger partial charge in [0, 0.05) is 16.9 Å². The van der Waals surface area contributed by atoms with Crippen LogP contribution in [0.25, 0.3) is 5.65 Å². The zero-order chi connectivity index (χ0) is 16.6. The van der Waals surface area contributed by atoms with Gasteiger partial charge in [0.1, 0.15) is 11.3 Å². The van der Waals surface area contributed by atoms with E-state index in [1.165, 1.54) is 0 Å². The van der Waals surface area contributed by atoms with E-state index in [0.717, 1.165) is 28.2 Å². The minimum Gasteiger partial charge on any atom is -0.320 e. The molecule has 4 nitrogen and oxygen atoms in total. The molecule has 5 heteroatoms. The standard InChI is InChI=1S/C18H18ClN3O/c1-4-14-17(22-8-7-11(2)9-16(22)20-14)18(23)21-15-6-5-13(19)10-12(15)3/h5-10H,4H2,1-3H3,(H,21,23). The number of hydrogen-bond acceptors (Lipinski definition) is 2. The zero-order valence-corrected chi connectivity index (χ0v) is 14.1. The highest BCUT2D eigenvalue weighted by Gasteiger charge is 2.18. The van der Waals surface area contributed by atoms with E-state index in [0.29, 0.717) is 17.1 Å². The normalized spacial score (nSPS) is 11.0. The second kappa shape index (κ2) is 6.05. The summed E-state index contributed by atoms with van der Waals surface area (Å²) in [4.78, 5) is 17.4. The van der Waals surface area contributed by atoms with Crippen molar-refractivity contribution < 1.29 is 4.79 Å². The monoisotopic (exact) mass is 327 g/mol. The van der Waals surface area contributed by atoms with Gasteiger partial charge in [0.2, 0.25) is 0 Å². The molecule has 1 amide bonds. The van der Waals surface area contributed by atoms with Crippen molar-refractivity contribution in [2.45, 2.75) is 27.2 Å². The number of carbonyl (C=O) groups excluding carboxylic acids is 1. The fourth-order valence-electron chi connectivity index (χ4n) is 2.63. The molecule has 0 spiro atoms. The number of carbonyl (C=O) groups is 1. The van der Waals surface area contributed by atoms with Gasteiger partial charge in [-0.05, 0) is 61.7 Å². The third-order valence-electron chi connectivity index (χ3n) is 3.84. The van der Waals surface area contributed by atoms with Gasteiger partial charge in [-0.3, -0.25) is 9.20 Å². The minimum absolute atomic E-state index is 0.163. The maximum Gasteiger partial charge on any atom is 0.274 e. The van der Waals surface area contributed by atoms with Crippen LogP contribution >= 0.6 is 11.6 Å². The first-order valence-corrected chi connectivity index (χ1v) is 7.92. The summed E-state index contributed by atoms with van der Waals surface area (Å²) in [5.41, 5.74) is 4.96. The molecule has 0 saturated carbocycles. The Balaban J connectivity index is 2.03. The van der Waals surface area contributed by atoms with Gasteiger partial charge in [-0.1, -0.05) is 18.5 Å². The molecule has 0 fully saturated rings. The Morgan fingerprint density at radius 2 is 2.04 bits per heavy atom. The van der Waals surface area contributed by atoms with Crippen molar-refractivity contribution in [1.82, 2.24) is 9.38 Å². The highest BCUT2D eigenvalue weighted by atomic mass is 35.5. The van der Waals surface area contributed by atoms with Gasteiger partial charge in [-0.15, -0.1) is 0 Å². The number of nitrogens with one attached hydrogen (secondary N) is 1. The van der Waals surface area contributed by atoms with Gasteiger partial charge in [-0.2, -0.15) is 0 Å². The largest absolute Gasteiger partial charge is 0.320 e. The van der Waals surface area contributed by atoms with Gasteiger partial charge >= 0.3 is 0 Å². The van der Waals surface area contributed by atoms with Crippen LogP contribution < -0.4 is 5.32 Å². The van der Waals surface area contributed by atoms with Crippen LogP contribution in [-0.2, 0) is 6.42 Å². The highest BCUT2D eigenvalue weighted by molar-refractivity contribution is 6.30. The third-order valence-corrected chi connectivity index (χ3v) is 4.08. The maximum atomic E-state index is 12.8. The molecule has 23 heavy (non-hydrogen) atoms. The highest BCUT2D eigenvalue weighted by Crippen LogP contribution is 2.22. The third kappa shape index (κ3) is 2.94. The molecule has 2 heterocycles. The molecule has 118 valence electrons. The molecule has 0 atom stereocenters. The van der Waals surface area contributed by atoms with Gasteiger partial charge in [-0.25, -0.2) is 4.98 Å². The summed E-state index contributed by atoms with van der Waals surface area (Å²) in [7, 11) is 0. The number of fused-ring (bicyclic) bond motifs is 1. The lowest BCUT2D eigenvalue weighted by Gasteiger charge is -2.09. The van der Waals surface area contributed by atoms with Crippen LogP contribution in [0, 0.1) is 13.8 Å². The summed E-state index contributed by atoms with van der Waals surface area (Å²) < 4.78 is 1.84. The molecule has 0 bridgehead atoms. The topological polar surface area (TPSA) is 46.4 Å². The Morgan fingerprint density at radius 3 is 2.74 bits per heavy atom. The van der Waals surface area contributed by atoms with Crippen molar-refractivity contribution in [1.29, 1.82) is 0 Å². The predicted octanol–water partition coefficient (Wildman–Crippen LogP) is 4.42. The van der Waals surface area contributed by atoms with E-state index in [2.05, 4.69) is 10.3 Å². The number of aryl methyl sites for hydroxylation is 3. The lowest BCUT2D eigenvalue weighted by Crippen LogP contribution is -2.17. The van der Waals surface area contributed by atoms with Crippen LogP contribution in [-0.4, -0.2) is 15.3 Å². The first kappa shape index (κ1) is 15.6. The van der Waals surface area contributed by atoms with E-state index in [-0.39, 0.29) is 5.91 Å². The van der Waals surface area contributed by atoms with E-state index in [1.54, 1.807) is 6.07 Å². The number of amides is 1. The number of benzene rings is 1. The van der Waals surface area contributed by atoms with Crippen LogP contribution in [0.2, 0.25) is 5.02 Å². The fraction of sp³-hybridized carbons (Fsp3) is 0.222. The molecule has 1 aromatic carbocycles. The number of imidazole rings is 1. The molecule has 2 aromatic heterocycles. The first-order valence-electron chi connectivity index (χ1n) is 7.54. The fourth-order valence-corrected chi connectivity index (χ4v) is 2.86. The second-order valence-electron chi connectivity index (χ2n) is 5.61. The van der Waals surface area contributed by atoms with Gasteiger partial charge in [0.05, 0.1) is 5.69 Å². The summed E-state index contributed by atoms with van der Waals surface area (Å²) in [6.45, 7) is 5.93. The van der Waals surface area contributed by atoms with Crippen molar-refractivity contribution in [3.63, 3.8) is 0 Å². The lowest BCUT2D eigenvalue weighted by molar-refractivity contribution is 0.102. The molecule has 0 unspecified atom stereocenters. The Bertz CT molecular complexity index is 899. The van der Waals surface area contributed by atoms with Crippen LogP contribution in [0.5, 0.6) is 0 Å². The van der Waals surface area contributed by atoms with E-state index >= 15 is 0 Å². The molecule has 0 aliphatic carbocycles. The molecule has 0 aliphatic rings. The van der Waals surface area contributed by atoms with E-state index in [9.17, 15) is 4.79 Å². The first-order chi connectivity index (χ1) is 11.0. The SMILES string of the molecule is CCc1nc2cc(C)ccn2c1C(=O)Nc1ccc(Cl)cc1C. The lowest BCUT2D eigenvalue weighted by atomic mass is 10.2. The summed E-state index contributed by atoms with van der Waals surface area (Å²) in [6.07, 6.45) is 2.59. The van der Waals surface area contributed by atoms with E-state index < -0.39 is 0 Å². The Kier molecular flexibility index (Phi) is 4.09. The Labute approximate surface area is 140 Å². The number of rotatable bonds is 3. The molecule has 3 aromatic rings. The molecular weight excluding hydrogens is 310 g/mol. The van der Waals surface area contributed by atoms with Gasteiger partial charge in [0.25, 0.3) is 5.91 Å². The van der Waals surface area contributed by atoms with Gasteiger partial charge < -0.3 is 5.32 Å². The summed E-state index contributed by atoms with van der Waals surface area (Å²) in [5.74, 6) is -0.163. The Morgan fingerprint density at radius 1 is 1.26 bits per heavy atom. The average molecular weight is 328 g/mol. The maximum absolute atomic E-state index is 12.8. The van der Waals surface area contributed by atoms with Crippen LogP contribution in [0.15, 0.2) is 36.5 Å². The smallest absolute Gasteiger partial charge is 0.274 e. The molecular formula is C18H18ClN3O. The number of aromatic nitrogens is 2. The minimum atomic E-state index is -0.163. The number of pyridine rings is 1. The number of halogens is 1. The molecule has 1 N–H and O–H groups in total. The van der Waals surface area contributed by atoms with Crippen molar-refractivity contribution in [2.24, 2.45) is 0 Å². The number of nitrogens with zero attached hydrogens (tertiary/aromatic N) is 2. The number of anilines is 1. The van der Waals surface area contributed by atoms with Crippen LogP contribution in [0.1, 0.15) is 34.2 Å². The molecule has 0 aliphatic heterocycles. The van der Waals surface area contributed by atoms with Crippen LogP contribution in [0.3, 0.4) is 0 Å². The van der Waals surface area contributed by atoms with E-state index in [1.807, 2.05) is 55.6 Å². The van der Waals surface area contributed by atoms with Crippen molar-refractivity contribution in [2.75, 3.05) is 5.32 Å². The van der Waals surface area contributed by atoms with Crippen molar-refractivity contribution in [3.8, 4) is 0 Å². The number of hydrogen-bond donors (Lipinski definition) is 1.